The van der Waals surface area contributed by atoms with Crippen LogP contribution >= 0.6 is 0 Å². The number of ether oxygens (including phenoxy) is 1. The van der Waals surface area contributed by atoms with E-state index in [0.29, 0.717) is 12.8 Å². The maximum Gasteiger partial charge on any atom is 0.305 e. The highest BCUT2D eigenvalue weighted by Crippen LogP contribution is 2.11. The van der Waals surface area contributed by atoms with Gasteiger partial charge in [0.15, 0.2) is 0 Å². The van der Waals surface area contributed by atoms with E-state index in [1.54, 1.807) is 0 Å². The molecule has 0 rings (SSSR count). The van der Waals surface area contributed by atoms with Crippen LogP contribution in [0.5, 0.6) is 0 Å². The third-order valence-electron chi connectivity index (χ3n) is 4.55. The number of allylic oxidation sites excluding steroid dienone is 2. The highest BCUT2D eigenvalue weighted by Gasteiger charge is 2.06. The first-order chi connectivity index (χ1) is 12.2. The van der Waals surface area contributed by atoms with Crippen molar-refractivity contribution >= 4 is 5.97 Å². The minimum absolute atomic E-state index is 0.133. The Bertz CT molecular complexity index is 312. The quantitative estimate of drug-likeness (QED) is 0.177. The van der Waals surface area contributed by atoms with Gasteiger partial charge in [-0.05, 0) is 38.5 Å². The van der Waals surface area contributed by atoms with Gasteiger partial charge in [0.25, 0.3) is 0 Å². The van der Waals surface area contributed by atoms with Crippen molar-refractivity contribution in [3.8, 4) is 0 Å². The van der Waals surface area contributed by atoms with Crippen molar-refractivity contribution in [1.82, 2.24) is 0 Å². The SMILES string of the molecule is CCCCCCCCCCC/C=C\CCCCC(=O)OCC(O)CC. The van der Waals surface area contributed by atoms with E-state index in [4.69, 9.17) is 4.74 Å². The van der Waals surface area contributed by atoms with Crippen LogP contribution in [0.3, 0.4) is 0 Å². The molecular weight excluding hydrogens is 312 g/mol. The van der Waals surface area contributed by atoms with Gasteiger partial charge in [-0.25, -0.2) is 0 Å². The first kappa shape index (κ1) is 24.2. The minimum Gasteiger partial charge on any atom is -0.463 e. The zero-order valence-electron chi connectivity index (χ0n) is 16.8. The Hall–Kier alpha value is -0.830. The number of esters is 1. The van der Waals surface area contributed by atoms with Gasteiger partial charge in [0.1, 0.15) is 6.61 Å². The van der Waals surface area contributed by atoms with E-state index in [-0.39, 0.29) is 12.6 Å². The number of rotatable bonds is 18. The molecule has 0 aromatic carbocycles. The van der Waals surface area contributed by atoms with Gasteiger partial charge in [-0.3, -0.25) is 4.79 Å². The predicted molar refractivity (Wildman–Crippen MR) is 107 cm³/mol. The molecule has 0 heterocycles. The molecule has 0 fully saturated rings. The lowest BCUT2D eigenvalue weighted by molar-refractivity contribution is -0.146. The molecule has 0 saturated carbocycles. The Morgan fingerprint density at radius 3 is 1.92 bits per heavy atom. The number of hydrogen-bond acceptors (Lipinski definition) is 3. The van der Waals surface area contributed by atoms with Gasteiger partial charge < -0.3 is 9.84 Å². The van der Waals surface area contributed by atoms with E-state index >= 15 is 0 Å². The monoisotopic (exact) mass is 354 g/mol. The zero-order valence-corrected chi connectivity index (χ0v) is 16.8. The van der Waals surface area contributed by atoms with Crippen LogP contribution < -0.4 is 0 Å². The molecule has 0 aromatic rings. The fraction of sp³-hybridized carbons (Fsp3) is 0.864. The van der Waals surface area contributed by atoms with E-state index in [1.165, 1.54) is 64.2 Å². The second-order valence-corrected chi connectivity index (χ2v) is 7.08. The third kappa shape index (κ3) is 19.3. The molecule has 0 amide bonds. The third-order valence-corrected chi connectivity index (χ3v) is 4.55. The molecule has 0 aliphatic rings. The van der Waals surface area contributed by atoms with Crippen LogP contribution in [0.15, 0.2) is 12.2 Å². The Kier molecular flexibility index (Phi) is 18.8. The molecule has 3 heteroatoms. The van der Waals surface area contributed by atoms with Gasteiger partial charge in [-0.2, -0.15) is 0 Å². The van der Waals surface area contributed by atoms with Crippen molar-refractivity contribution in [3.63, 3.8) is 0 Å². The lowest BCUT2D eigenvalue weighted by Gasteiger charge is -2.08. The average molecular weight is 355 g/mol. The number of aliphatic hydroxyl groups excluding tert-OH is 1. The van der Waals surface area contributed by atoms with Gasteiger partial charge in [-0.15, -0.1) is 0 Å². The first-order valence-electron chi connectivity index (χ1n) is 10.7. The standard InChI is InChI=1S/C22H42O3/c1-3-5-6-7-8-9-10-11-12-13-14-15-16-17-18-19-22(24)25-20-21(23)4-2/h14-15,21,23H,3-13,16-20H2,1-2H3/b15-14-. The van der Waals surface area contributed by atoms with Crippen molar-refractivity contribution in [2.75, 3.05) is 6.61 Å². The van der Waals surface area contributed by atoms with Gasteiger partial charge >= 0.3 is 5.97 Å². The zero-order chi connectivity index (χ0) is 18.6. The number of unbranched alkanes of at least 4 members (excludes halogenated alkanes) is 11. The summed E-state index contributed by atoms with van der Waals surface area (Å²) in [6, 6.07) is 0. The Labute approximate surface area is 156 Å². The molecule has 1 atom stereocenters. The number of carbonyl (C=O) groups is 1. The summed E-state index contributed by atoms with van der Waals surface area (Å²) >= 11 is 0. The molecule has 0 spiro atoms. The maximum atomic E-state index is 11.4. The fourth-order valence-corrected chi connectivity index (χ4v) is 2.72. The van der Waals surface area contributed by atoms with Crippen LogP contribution in [0.2, 0.25) is 0 Å². The van der Waals surface area contributed by atoms with Gasteiger partial charge in [0.2, 0.25) is 0 Å². The highest BCUT2D eigenvalue weighted by atomic mass is 16.5. The van der Waals surface area contributed by atoms with E-state index < -0.39 is 6.10 Å². The van der Waals surface area contributed by atoms with Crippen molar-refractivity contribution in [3.05, 3.63) is 12.2 Å². The molecule has 148 valence electrons. The van der Waals surface area contributed by atoms with E-state index in [9.17, 15) is 9.90 Å². The van der Waals surface area contributed by atoms with E-state index in [0.717, 1.165) is 19.3 Å². The molecule has 0 aliphatic heterocycles. The molecule has 0 aromatic heterocycles. The molecule has 0 saturated heterocycles. The van der Waals surface area contributed by atoms with Crippen molar-refractivity contribution in [2.45, 2.75) is 116 Å². The van der Waals surface area contributed by atoms with Crippen molar-refractivity contribution in [2.24, 2.45) is 0 Å². The normalized spacial score (nSPS) is 12.6. The summed E-state index contributed by atoms with van der Waals surface area (Å²) in [5.74, 6) is -0.189. The number of carbonyl (C=O) groups excluding carboxylic acids is 1. The minimum atomic E-state index is -0.520. The van der Waals surface area contributed by atoms with Crippen LogP contribution in [0.25, 0.3) is 0 Å². The first-order valence-corrected chi connectivity index (χ1v) is 10.7. The lowest BCUT2D eigenvalue weighted by atomic mass is 10.1. The van der Waals surface area contributed by atoms with E-state index in [1.807, 2.05) is 6.92 Å². The van der Waals surface area contributed by atoms with Gasteiger partial charge in [-0.1, -0.05) is 77.4 Å². The molecule has 0 aliphatic carbocycles. The van der Waals surface area contributed by atoms with Crippen LogP contribution in [0.1, 0.15) is 110 Å². The summed E-state index contributed by atoms with van der Waals surface area (Å²) in [6.45, 7) is 4.27. The van der Waals surface area contributed by atoms with Crippen LogP contribution in [0, 0.1) is 0 Å². The predicted octanol–water partition coefficient (Wildman–Crippen LogP) is 6.34. The van der Waals surface area contributed by atoms with Crippen molar-refractivity contribution in [1.29, 1.82) is 0 Å². The van der Waals surface area contributed by atoms with E-state index in [2.05, 4.69) is 19.1 Å². The number of aliphatic hydroxyl groups is 1. The Balaban J connectivity index is 3.24. The molecule has 1 unspecified atom stereocenters. The maximum absolute atomic E-state index is 11.4. The summed E-state index contributed by atoms with van der Waals surface area (Å²) in [7, 11) is 0. The molecule has 25 heavy (non-hydrogen) atoms. The number of hydrogen-bond donors (Lipinski definition) is 1. The van der Waals surface area contributed by atoms with Crippen LogP contribution in [-0.2, 0) is 9.53 Å². The second kappa shape index (κ2) is 19.5. The summed E-state index contributed by atoms with van der Waals surface area (Å²) in [6.07, 6.45) is 21.6. The van der Waals surface area contributed by atoms with Crippen LogP contribution in [-0.4, -0.2) is 23.8 Å². The topological polar surface area (TPSA) is 46.5 Å². The molecule has 0 radical (unpaired) electrons. The van der Waals surface area contributed by atoms with Crippen molar-refractivity contribution < 1.29 is 14.6 Å². The summed E-state index contributed by atoms with van der Waals surface area (Å²) in [4.78, 5) is 11.4. The molecule has 3 nitrogen and oxygen atoms in total. The summed E-state index contributed by atoms with van der Waals surface area (Å²) in [5, 5.41) is 9.32. The largest absolute Gasteiger partial charge is 0.463 e. The van der Waals surface area contributed by atoms with Crippen LogP contribution in [0.4, 0.5) is 0 Å². The Morgan fingerprint density at radius 1 is 0.840 bits per heavy atom. The highest BCUT2D eigenvalue weighted by molar-refractivity contribution is 5.69. The molecular formula is C22H42O3. The van der Waals surface area contributed by atoms with Gasteiger partial charge in [0.05, 0.1) is 6.10 Å². The second-order valence-electron chi connectivity index (χ2n) is 7.08. The fourth-order valence-electron chi connectivity index (χ4n) is 2.72. The molecule has 0 bridgehead atoms. The lowest BCUT2D eigenvalue weighted by Crippen LogP contribution is -2.17. The summed E-state index contributed by atoms with van der Waals surface area (Å²) in [5.41, 5.74) is 0. The summed E-state index contributed by atoms with van der Waals surface area (Å²) < 4.78 is 5.01. The molecule has 1 N–H and O–H groups in total. The smallest absolute Gasteiger partial charge is 0.305 e. The Morgan fingerprint density at radius 2 is 1.36 bits per heavy atom. The van der Waals surface area contributed by atoms with Gasteiger partial charge in [0, 0.05) is 6.42 Å². The average Bonchev–Trinajstić information content (AvgIpc) is 2.62.